The van der Waals surface area contributed by atoms with E-state index in [1.807, 2.05) is 49.4 Å². The van der Waals surface area contributed by atoms with Crippen LogP contribution in [0.25, 0.3) is 22.3 Å². The predicted octanol–water partition coefficient (Wildman–Crippen LogP) is 5.79. The zero-order chi connectivity index (χ0) is 24.6. The average molecular weight is 471 g/mol. The molecule has 4 aromatic rings. The number of nitrogens with zero attached hydrogens (tertiary/aromatic N) is 3. The number of fused-ring (bicyclic) bond motifs is 1. The first-order valence-corrected chi connectivity index (χ1v) is 12.1. The minimum atomic E-state index is -0.299. The maximum absolute atomic E-state index is 13.5. The second-order valence-corrected chi connectivity index (χ2v) is 8.74. The lowest BCUT2D eigenvalue weighted by atomic mass is 10.1. The molecule has 35 heavy (non-hydrogen) atoms. The summed E-state index contributed by atoms with van der Waals surface area (Å²) in [4.78, 5) is 24.4. The summed E-state index contributed by atoms with van der Waals surface area (Å²) in [6.45, 7) is 5.29. The zero-order valence-corrected chi connectivity index (χ0v) is 20.2. The number of amides is 1. The van der Waals surface area contributed by atoms with Crippen LogP contribution >= 0.6 is 0 Å². The van der Waals surface area contributed by atoms with E-state index in [9.17, 15) is 9.18 Å². The van der Waals surface area contributed by atoms with Gasteiger partial charge in [-0.1, -0.05) is 49.4 Å². The number of halogens is 1. The fourth-order valence-electron chi connectivity index (χ4n) is 3.95. The Balaban J connectivity index is 1.69. The molecule has 0 saturated carbocycles. The molecule has 180 valence electrons. The molecular weight excluding hydrogens is 439 g/mol. The highest BCUT2D eigenvalue weighted by Gasteiger charge is 2.17. The van der Waals surface area contributed by atoms with Gasteiger partial charge in [0.25, 0.3) is 0 Å². The maximum atomic E-state index is 13.5. The molecular formula is C29H31FN4O. The molecule has 0 radical (unpaired) electrons. The Morgan fingerprint density at radius 2 is 1.66 bits per heavy atom. The van der Waals surface area contributed by atoms with Crippen LogP contribution in [0, 0.1) is 5.82 Å². The monoisotopic (exact) mass is 470 g/mol. The molecule has 0 fully saturated rings. The lowest BCUT2D eigenvalue weighted by Crippen LogP contribution is -2.36. The van der Waals surface area contributed by atoms with Gasteiger partial charge in [0.15, 0.2) is 5.82 Å². The number of anilines is 1. The van der Waals surface area contributed by atoms with E-state index in [2.05, 4.69) is 29.3 Å². The van der Waals surface area contributed by atoms with Crippen LogP contribution in [0.1, 0.15) is 32.3 Å². The quantitative estimate of drug-likeness (QED) is 0.319. The Kier molecular flexibility index (Phi) is 8.03. The lowest BCUT2D eigenvalue weighted by Gasteiger charge is -2.26. The van der Waals surface area contributed by atoms with Crippen molar-refractivity contribution in [2.75, 3.05) is 18.0 Å². The van der Waals surface area contributed by atoms with Gasteiger partial charge in [0.2, 0.25) is 5.91 Å². The van der Waals surface area contributed by atoms with E-state index < -0.39 is 0 Å². The third kappa shape index (κ3) is 6.41. The normalized spacial score (nSPS) is 11.9. The van der Waals surface area contributed by atoms with Crippen molar-refractivity contribution in [3.8, 4) is 11.4 Å². The van der Waals surface area contributed by atoms with Gasteiger partial charge in [-0.15, -0.1) is 0 Å². The molecule has 1 aromatic heterocycles. The van der Waals surface area contributed by atoms with Gasteiger partial charge in [0.1, 0.15) is 11.6 Å². The van der Waals surface area contributed by atoms with E-state index in [0.29, 0.717) is 25.3 Å². The third-order valence-corrected chi connectivity index (χ3v) is 6.13. The minimum Gasteiger partial charge on any atom is -0.355 e. The van der Waals surface area contributed by atoms with Crippen LogP contribution in [0.3, 0.4) is 0 Å². The highest BCUT2D eigenvalue weighted by Crippen LogP contribution is 2.28. The van der Waals surface area contributed by atoms with Crippen molar-refractivity contribution in [1.29, 1.82) is 0 Å². The molecule has 0 bridgehead atoms. The van der Waals surface area contributed by atoms with Crippen LogP contribution in [0.2, 0.25) is 0 Å². The van der Waals surface area contributed by atoms with E-state index in [-0.39, 0.29) is 17.8 Å². The number of rotatable bonds is 10. The van der Waals surface area contributed by atoms with Crippen molar-refractivity contribution in [3.05, 3.63) is 90.2 Å². The topological polar surface area (TPSA) is 58.1 Å². The Morgan fingerprint density at radius 3 is 2.40 bits per heavy atom. The van der Waals surface area contributed by atoms with Crippen molar-refractivity contribution >= 4 is 22.6 Å². The minimum absolute atomic E-state index is 0.0289. The van der Waals surface area contributed by atoms with Crippen LogP contribution in [0.15, 0.2) is 78.9 Å². The van der Waals surface area contributed by atoms with Crippen LogP contribution in [-0.4, -0.2) is 35.0 Å². The average Bonchev–Trinajstić information content (AvgIpc) is 2.89. The first-order chi connectivity index (χ1) is 17.0. The smallest absolute Gasteiger partial charge is 0.221 e. The van der Waals surface area contributed by atoms with Gasteiger partial charge in [-0.25, -0.2) is 14.4 Å². The summed E-state index contributed by atoms with van der Waals surface area (Å²) in [6, 6.07) is 24.5. The number of nitrogens with one attached hydrogen (secondary N) is 1. The summed E-state index contributed by atoms with van der Waals surface area (Å²) >= 11 is 0. The maximum Gasteiger partial charge on any atom is 0.221 e. The summed E-state index contributed by atoms with van der Waals surface area (Å²) in [5, 5.41) is 3.98. The van der Waals surface area contributed by atoms with Crippen molar-refractivity contribution in [2.24, 2.45) is 0 Å². The first-order valence-electron chi connectivity index (χ1n) is 12.1. The van der Waals surface area contributed by atoms with Crippen LogP contribution in [0.5, 0.6) is 0 Å². The highest BCUT2D eigenvalue weighted by molar-refractivity contribution is 5.91. The van der Waals surface area contributed by atoms with Gasteiger partial charge in [0.05, 0.1) is 5.52 Å². The van der Waals surface area contributed by atoms with Crippen molar-refractivity contribution in [1.82, 2.24) is 15.3 Å². The molecule has 0 aliphatic carbocycles. The molecule has 0 saturated heterocycles. The Morgan fingerprint density at radius 1 is 0.943 bits per heavy atom. The molecule has 0 aliphatic rings. The third-order valence-electron chi connectivity index (χ3n) is 6.13. The van der Waals surface area contributed by atoms with E-state index in [1.54, 1.807) is 12.1 Å². The number of carbonyl (C=O) groups excluding carboxylic acids is 1. The molecule has 1 heterocycles. The van der Waals surface area contributed by atoms with Crippen LogP contribution in [-0.2, 0) is 11.2 Å². The number of aromatic nitrogens is 2. The standard InChI is InChI=1S/C29H31FN4O/c1-3-21(2)31-27(35)18-20-34(19-17-22-9-5-4-6-10-22)29-25-11-7-8-12-26(25)32-28(33-29)23-13-15-24(30)16-14-23/h4-16,21H,3,17-20H2,1-2H3,(H,31,35)/t21-/m1/s1. The molecule has 3 aromatic carbocycles. The number of benzene rings is 3. The van der Waals surface area contributed by atoms with E-state index in [1.165, 1.54) is 17.7 Å². The van der Waals surface area contributed by atoms with Crippen LogP contribution < -0.4 is 10.2 Å². The molecule has 1 N–H and O–H groups in total. The summed E-state index contributed by atoms with van der Waals surface area (Å²) in [6.07, 6.45) is 2.07. The van der Waals surface area contributed by atoms with Crippen molar-refractivity contribution in [3.63, 3.8) is 0 Å². The largest absolute Gasteiger partial charge is 0.355 e. The van der Waals surface area contributed by atoms with E-state index in [4.69, 9.17) is 9.97 Å². The molecule has 0 spiro atoms. The Hall–Kier alpha value is -3.80. The van der Waals surface area contributed by atoms with Crippen molar-refractivity contribution < 1.29 is 9.18 Å². The van der Waals surface area contributed by atoms with Gasteiger partial charge in [-0.05, 0) is 61.7 Å². The molecule has 5 nitrogen and oxygen atoms in total. The first kappa shape index (κ1) is 24.3. The molecule has 1 atom stereocenters. The molecule has 0 aliphatic heterocycles. The second-order valence-electron chi connectivity index (χ2n) is 8.74. The number of carbonyl (C=O) groups is 1. The summed E-state index contributed by atoms with van der Waals surface area (Å²) in [5.74, 6) is 1.04. The SMILES string of the molecule is CC[C@@H](C)NC(=O)CCN(CCc1ccccc1)c1nc(-c2ccc(F)cc2)nc2ccccc12. The number of para-hydroxylation sites is 1. The summed E-state index contributed by atoms with van der Waals surface area (Å²) in [5.41, 5.74) is 2.78. The van der Waals surface area contributed by atoms with Gasteiger partial charge in [-0.3, -0.25) is 4.79 Å². The molecule has 4 rings (SSSR count). The predicted molar refractivity (Wildman–Crippen MR) is 140 cm³/mol. The zero-order valence-electron chi connectivity index (χ0n) is 20.2. The van der Waals surface area contributed by atoms with Gasteiger partial charge >= 0.3 is 0 Å². The van der Waals surface area contributed by atoms with Gasteiger partial charge in [0, 0.05) is 36.5 Å². The molecule has 6 heteroatoms. The molecule has 0 unspecified atom stereocenters. The van der Waals surface area contributed by atoms with Gasteiger partial charge in [-0.2, -0.15) is 0 Å². The van der Waals surface area contributed by atoms with Crippen LogP contribution in [0.4, 0.5) is 10.2 Å². The Labute approximate surface area is 206 Å². The molecule has 1 amide bonds. The lowest BCUT2D eigenvalue weighted by molar-refractivity contribution is -0.121. The highest BCUT2D eigenvalue weighted by atomic mass is 19.1. The summed E-state index contributed by atoms with van der Waals surface area (Å²) < 4.78 is 13.5. The number of hydrogen-bond donors (Lipinski definition) is 1. The van der Waals surface area contributed by atoms with Crippen molar-refractivity contribution in [2.45, 2.75) is 39.2 Å². The van der Waals surface area contributed by atoms with E-state index >= 15 is 0 Å². The fourth-order valence-corrected chi connectivity index (χ4v) is 3.95. The number of hydrogen-bond acceptors (Lipinski definition) is 4. The Bertz CT molecular complexity index is 1260. The summed E-state index contributed by atoms with van der Waals surface area (Å²) in [7, 11) is 0. The second kappa shape index (κ2) is 11.6. The fraction of sp³-hybridized carbons (Fsp3) is 0.276. The van der Waals surface area contributed by atoms with E-state index in [0.717, 1.165) is 35.1 Å². The van der Waals surface area contributed by atoms with Gasteiger partial charge < -0.3 is 10.2 Å².